The molecule has 4 nitrogen and oxygen atoms in total. The number of allylic oxidation sites excluding steroid dienone is 1. The van der Waals surface area contributed by atoms with Crippen LogP contribution < -0.4 is 0 Å². The van der Waals surface area contributed by atoms with E-state index < -0.39 is 17.6 Å². The monoisotopic (exact) mass is 346 g/mol. The fourth-order valence-electron chi connectivity index (χ4n) is 7.20. The number of carbonyl (C=O) groups excluding carboxylic acids is 2. The van der Waals surface area contributed by atoms with Crippen LogP contribution in [0, 0.1) is 34.5 Å². The van der Waals surface area contributed by atoms with E-state index in [1.807, 2.05) is 13.0 Å². The number of hydrogen-bond donors (Lipinski definition) is 2. The molecule has 0 heterocycles. The van der Waals surface area contributed by atoms with Crippen LogP contribution in [0.25, 0.3) is 0 Å². The van der Waals surface area contributed by atoms with Crippen molar-refractivity contribution >= 4 is 11.6 Å². The number of aliphatic hydroxyl groups is 2. The second-order valence-corrected chi connectivity index (χ2v) is 9.47. The van der Waals surface area contributed by atoms with E-state index in [1.165, 1.54) is 5.57 Å². The molecule has 2 N–H and O–H groups in total. The van der Waals surface area contributed by atoms with Gasteiger partial charge in [0.1, 0.15) is 5.78 Å². The maximum Gasteiger partial charge on any atom is 0.155 e. The van der Waals surface area contributed by atoms with E-state index in [-0.39, 0.29) is 34.7 Å². The Labute approximate surface area is 149 Å². The first-order valence-electron chi connectivity index (χ1n) is 9.80. The molecular weight excluding hydrogens is 316 g/mol. The Morgan fingerprint density at radius 2 is 1.92 bits per heavy atom. The second-order valence-electron chi connectivity index (χ2n) is 9.47. The summed E-state index contributed by atoms with van der Waals surface area (Å²) in [5, 5.41) is 22.0. The molecule has 0 spiro atoms. The molecule has 4 rings (SSSR count). The van der Waals surface area contributed by atoms with Crippen molar-refractivity contribution in [1.82, 2.24) is 0 Å². The van der Waals surface area contributed by atoms with Gasteiger partial charge in [0.2, 0.25) is 0 Å². The van der Waals surface area contributed by atoms with Crippen molar-refractivity contribution in [3.63, 3.8) is 0 Å². The molecule has 3 fully saturated rings. The third-order valence-electron chi connectivity index (χ3n) is 8.55. The van der Waals surface area contributed by atoms with Gasteiger partial charge in [-0.25, -0.2) is 0 Å². The normalized spacial score (nSPS) is 52.0. The predicted molar refractivity (Wildman–Crippen MR) is 93.7 cm³/mol. The Morgan fingerprint density at radius 1 is 1.20 bits per heavy atom. The molecular formula is C21H30O4. The fourth-order valence-corrected chi connectivity index (χ4v) is 7.20. The third kappa shape index (κ3) is 2.19. The summed E-state index contributed by atoms with van der Waals surface area (Å²) in [6, 6.07) is 0. The van der Waals surface area contributed by atoms with Gasteiger partial charge in [0, 0.05) is 17.8 Å². The van der Waals surface area contributed by atoms with Gasteiger partial charge < -0.3 is 10.2 Å². The van der Waals surface area contributed by atoms with Crippen molar-refractivity contribution in [2.45, 2.75) is 71.5 Å². The van der Waals surface area contributed by atoms with Crippen molar-refractivity contribution in [2.75, 3.05) is 0 Å². The molecule has 0 bridgehead atoms. The van der Waals surface area contributed by atoms with Crippen LogP contribution in [-0.4, -0.2) is 34.0 Å². The van der Waals surface area contributed by atoms with E-state index in [0.29, 0.717) is 25.2 Å². The number of carbonyl (C=O) groups is 2. The van der Waals surface area contributed by atoms with Crippen LogP contribution in [0.15, 0.2) is 11.6 Å². The first-order valence-corrected chi connectivity index (χ1v) is 9.80. The van der Waals surface area contributed by atoms with Gasteiger partial charge in [0.25, 0.3) is 0 Å². The molecule has 0 aliphatic heterocycles. The van der Waals surface area contributed by atoms with Crippen LogP contribution in [0.1, 0.15) is 59.3 Å². The van der Waals surface area contributed by atoms with E-state index >= 15 is 0 Å². The molecule has 0 aromatic heterocycles. The number of fused-ring (bicyclic) bond motifs is 5. The predicted octanol–water partition coefficient (Wildman–Crippen LogP) is 2.67. The first-order chi connectivity index (χ1) is 11.7. The van der Waals surface area contributed by atoms with E-state index in [2.05, 4.69) is 6.92 Å². The van der Waals surface area contributed by atoms with E-state index in [1.54, 1.807) is 6.92 Å². The minimum absolute atomic E-state index is 0.0221. The zero-order chi connectivity index (χ0) is 18.1. The van der Waals surface area contributed by atoms with Gasteiger partial charge >= 0.3 is 0 Å². The van der Waals surface area contributed by atoms with Crippen LogP contribution in [0.3, 0.4) is 0 Å². The summed E-state index contributed by atoms with van der Waals surface area (Å²) in [6.07, 6.45) is 5.21. The van der Waals surface area contributed by atoms with Gasteiger partial charge in [-0.15, -0.1) is 0 Å². The topological polar surface area (TPSA) is 74.6 Å². The number of ketones is 2. The Bertz CT molecular complexity index is 652. The van der Waals surface area contributed by atoms with Crippen molar-refractivity contribution < 1.29 is 19.8 Å². The molecule has 0 amide bonds. The first kappa shape index (κ1) is 17.4. The third-order valence-corrected chi connectivity index (χ3v) is 8.55. The van der Waals surface area contributed by atoms with Crippen LogP contribution in [-0.2, 0) is 9.59 Å². The van der Waals surface area contributed by atoms with Gasteiger partial charge in [-0.05, 0) is 68.3 Å². The van der Waals surface area contributed by atoms with Crippen molar-refractivity contribution in [3.8, 4) is 0 Å². The standard InChI is InChI=1S/C21H30O4/c1-11(22)15-9-17(24)19-14-5-4-12-8-13(23)6-7-20(12,2)16(14)10-18(25)21(15,19)3/h8,14-19,24-25H,4-7,9-10H2,1-3H3/t14-,15-,16?,17?,18-,19?,20+,21+/m1/s1. The summed E-state index contributed by atoms with van der Waals surface area (Å²) in [5.74, 6) is 0.654. The highest BCUT2D eigenvalue weighted by atomic mass is 16.3. The molecule has 4 aliphatic carbocycles. The number of aliphatic hydroxyl groups excluding tert-OH is 2. The minimum Gasteiger partial charge on any atom is -0.393 e. The lowest BCUT2D eigenvalue weighted by Crippen LogP contribution is -2.58. The highest BCUT2D eigenvalue weighted by molar-refractivity contribution is 5.91. The lowest BCUT2D eigenvalue weighted by atomic mass is 9.45. The molecule has 0 aromatic rings. The van der Waals surface area contributed by atoms with Gasteiger partial charge in [-0.2, -0.15) is 0 Å². The lowest BCUT2D eigenvalue weighted by Gasteiger charge is -2.59. The second kappa shape index (κ2) is 5.50. The maximum absolute atomic E-state index is 12.2. The smallest absolute Gasteiger partial charge is 0.155 e. The average molecular weight is 346 g/mol. The van der Waals surface area contributed by atoms with Gasteiger partial charge in [0.15, 0.2) is 5.78 Å². The molecule has 4 aliphatic rings. The zero-order valence-corrected chi connectivity index (χ0v) is 15.5. The molecule has 138 valence electrons. The highest BCUT2D eigenvalue weighted by Crippen LogP contribution is 2.66. The number of hydrogen-bond acceptors (Lipinski definition) is 4. The largest absolute Gasteiger partial charge is 0.393 e. The lowest BCUT2D eigenvalue weighted by molar-refractivity contribution is -0.157. The molecule has 3 saturated carbocycles. The Morgan fingerprint density at radius 3 is 2.60 bits per heavy atom. The Kier molecular flexibility index (Phi) is 3.83. The van der Waals surface area contributed by atoms with E-state index in [0.717, 1.165) is 19.3 Å². The van der Waals surface area contributed by atoms with Gasteiger partial charge in [-0.3, -0.25) is 9.59 Å². The van der Waals surface area contributed by atoms with Crippen LogP contribution in [0.5, 0.6) is 0 Å². The molecule has 0 saturated heterocycles. The SMILES string of the molecule is CC(=O)[C@H]1CC(O)C2[C@@H]3CCC4=CC(=O)CC[C@]4(C)C3C[C@@H](O)[C@@]21C. The van der Waals surface area contributed by atoms with Gasteiger partial charge in [-0.1, -0.05) is 19.4 Å². The van der Waals surface area contributed by atoms with E-state index in [9.17, 15) is 19.8 Å². The summed E-state index contributed by atoms with van der Waals surface area (Å²) in [5.41, 5.74) is 0.679. The Hall–Kier alpha value is -1.00. The van der Waals surface area contributed by atoms with Gasteiger partial charge in [0.05, 0.1) is 12.2 Å². The number of Topliss-reactive ketones (excluding diaryl/α,β-unsaturated/α-hetero) is 1. The summed E-state index contributed by atoms with van der Waals surface area (Å²) in [7, 11) is 0. The molecule has 0 radical (unpaired) electrons. The van der Waals surface area contributed by atoms with Crippen LogP contribution >= 0.6 is 0 Å². The quantitative estimate of drug-likeness (QED) is 0.765. The van der Waals surface area contributed by atoms with Crippen molar-refractivity contribution in [2.24, 2.45) is 34.5 Å². The summed E-state index contributed by atoms with van der Waals surface area (Å²) < 4.78 is 0. The highest BCUT2D eigenvalue weighted by Gasteiger charge is 2.65. The molecule has 3 unspecified atom stereocenters. The molecule has 8 atom stereocenters. The molecule has 4 heteroatoms. The summed E-state index contributed by atoms with van der Waals surface area (Å²) in [6.45, 7) is 5.87. The summed E-state index contributed by atoms with van der Waals surface area (Å²) in [4.78, 5) is 24.1. The van der Waals surface area contributed by atoms with Crippen LogP contribution in [0.4, 0.5) is 0 Å². The average Bonchev–Trinajstić information content (AvgIpc) is 2.82. The van der Waals surface area contributed by atoms with Crippen molar-refractivity contribution in [3.05, 3.63) is 11.6 Å². The minimum atomic E-state index is -0.571. The zero-order valence-electron chi connectivity index (χ0n) is 15.5. The number of rotatable bonds is 1. The van der Waals surface area contributed by atoms with Crippen molar-refractivity contribution in [1.29, 1.82) is 0 Å². The molecule has 25 heavy (non-hydrogen) atoms. The Balaban J connectivity index is 1.75. The van der Waals surface area contributed by atoms with Crippen LogP contribution in [0.2, 0.25) is 0 Å². The maximum atomic E-state index is 12.2. The fraction of sp³-hybridized carbons (Fsp3) is 0.810. The molecule has 0 aromatic carbocycles. The summed E-state index contributed by atoms with van der Waals surface area (Å²) >= 11 is 0. The van der Waals surface area contributed by atoms with E-state index in [4.69, 9.17) is 0 Å².